The van der Waals surface area contributed by atoms with E-state index in [0.717, 1.165) is 60.6 Å². The van der Waals surface area contributed by atoms with Gasteiger partial charge in [0.2, 0.25) is 0 Å². The Labute approximate surface area is 173 Å². The van der Waals surface area contributed by atoms with Crippen molar-refractivity contribution in [2.75, 3.05) is 43.9 Å². The largest absolute Gasteiger partial charge is 0.354 e. The van der Waals surface area contributed by atoms with Crippen LogP contribution in [-0.4, -0.2) is 57.3 Å². The van der Waals surface area contributed by atoms with Crippen LogP contribution in [0.5, 0.6) is 0 Å². The number of benzene rings is 2. The first-order chi connectivity index (χ1) is 13.5. The van der Waals surface area contributed by atoms with E-state index >= 15 is 0 Å². The van der Waals surface area contributed by atoms with E-state index in [9.17, 15) is 8.42 Å². The Morgan fingerprint density at radius 3 is 2.24 bits per heavy atom. The molecule has 1 aliphatic rings. The Bertz CT molecular complexity index is 1090. The van der Waals surface area contributed by atoms with Crippen LogP contribution in [0, 0.1) is 0 Å². The van der Waals surface area contributed by atoms with Gasteiger partial charge >= 0.3 is 0 Å². The minimum Gasteiger partial charge on any atom is -0.354 e. The molecule has 0 atom stereocenters. The number of sulfone groups is 1. The van der Waals surface area contributed by atoms with Crippen molar-refractivity contribution < 1.29 is 8.42 Å². The van der Waals surface area contributed by atoms with Gasteiger partial charge in [0.25, 0.3) is 0 Å². The van der Waals surface area contributed by atoms with Crippen molar-refractivity contribution in [3.63, 3.8) is 0 Å². The molecule has 1 aliphatic heterocycles. The van der Waals surface area contributed by atoms with Crippen LogP contribution >= 0.6 is 0 Å². The van der Waals surface area contributed by atoms with E-state index in [1.165, 1.54) is 6.26 Å². The maximum absolute atomic E-state index is 11.7. The molecule has 0 saturated carbocycles. The second-order valence-corrected chi connectivity index (χ2v) is 9.29. The first-order valence-electron chi connectivity index (χ1n) is 9.63. The van der Waals surface area contributed by atoms with Crippen molar-refractivity contribution >= 4 is 26.4 Å². The summed E-state index contributed by atoms with van der Waals surface area (Å²) in [6, 6.07) is 17.4. The highest BCUT2D eigenvalue weighted by Crippen LogP contribution is 2.31. The van der Waals surface area contributed by atoms with Crippen molar-refractivity contribution in [3.05, 3.63) is 54.6 Å². The third-order valence-corrected chi connectivity index (χ3v) is 6.55. The lowest BCUT2D eigenvalue weighted by Crippen LogP contribution is -2.46. The Morgan fingerprint density at radius 1 is 0.966 bits per heavy atom. The molecule has 0 N–H and O–H groups in total. The fourth-order valence-corrected chi connectivity index (χ4v) is 4.35. The Kier molecular flexibility index (Phi) is 6.24. The Hall–Kier alpha value is -2.44. The van der Waals surface area contributed by atoms with E-state index < -0.39 is 9.84 Å². The van der Waals surface area contributed by atoms with E-state index in [1.54, 1.807) is 12.1 Å². The summed E-state index contributed by atoms with van der Waals surface area (Å²) in [5, 5.41) is 2.30. The summed E-state index contributed by atoms with van der Waals surface area (Å²) in [7, 11) is -3.20. The van der Waals surface area contributed by atoms with Gasteiger partial charge in [-0.1, -0.05) is 50.7 Å². The topological polar surface area (TPSA) is 53.5 Å². The van der Waals surface area contributed by atoms with Gasteiger partial charge in [-0.15, -0.1) is 0 Å². The van der Waals surface area contributed by atoms with Crippen molar-refractivity contribution in [2.24, 2.45) is 0 Å². The number of rotatable bonds is 4. The third kappa shape index (κ3) is 4.43. The van der Waals surface area contributed by atoms with Gasteiger partial charge in [0, 0.05) is 43.4 Å². The molecular weight excluding hydrogens is 382 g/mol. The number of nitrogens with zero attached hydrogens (tertiary/aromatic N) is 3. The number of fused-ring (bicyclic) bond motifs is 1. The maximum Gasteiger partial charge on any atom is 0.175 e. The van der Waals surface area contributed by atoms with Crippen LogP contribution in [-0.2, 0) is 9.84 Å². The zero-order valence-electron chi connectivity index (χ0n) is 16.3. The minimum atomic E-state index is -3.20. The molecule has 0 spiro atoms. The predicted molar refractivity (Wildman–Crippen MR) is 121 cm³/mol. The molecule has 1 aromatic heterocycles. The number of hydrogen-bond acceptors (Lipinski definition) is 5. The molecule has 2 aromatic carbocycles. The smallest absolute Gasteiger partial charge is 0.175 e. The van der Waals surface area contributed by atoms with Crippen LogP contribution < -0.4 is 4.90 Å². The summed E-state index contributed by atoms with van der Waals surface area (Å²) in [6.45, 7) is 7.28. The van der Waals surface area contributed by atoms with E-state index in [2.05, 4.69) is 41.0 Å². The van der Waals surface area contributed by atoms with E-state index in [4.69, 9.17) is 4.98 Å². The van der Waals surface area contributed by atoms with Crippen LogP contribution in [0.3, 0.4) is 0 Å². The summed E-state index contributed by atoms with van der Waals surface area (Å²) in [5.74, 6) is 1.01. The number of piperazine rings is 1. The number of anilines is 1. The lowest BCUT2D eigenvalue weighted by Gasteiger charge is -2.35. The van der Waals surface area contributed by atoms with Crippen LogP contribution in [0.25, 0.3) is 22.0 Å². The van der Waals surface area contributed by atoms with Gasteiger partial charge < -0.3 is 9.80 Å². The molecule has 0 amide bonds. The van der Waals surface area contributed by atoms with Crippen LogP contribution in [0.4, 0.5) is 5.82 Å². The van der Waals surface area contributed by atoms with Gasteiger partial charge in [-0.3, -0.25) is 0 Å². The van der Waals surface area contributed by atoms with Gasteiger partial charge in [-0.25, -0.2) is 13.4 Å². The Balaban J connectivity index is 0.00000240. The molecule has 29 heavy (non-hydrogen) atoms. The van der Waals surface area contributed by atoms with Gasteiger partial charge in [0.1, 0.15) is 5.82 Å². The van der Waals surface area contributed by atoms with Crippen LogP contribution in [0.1, 0.15) is 14.4 Å². The molecular formula is C23H29N3O2S. The molecule has 154 valence electrons. The summed E-state index contributed by atoms with van der Waals surface area (Å²) < 4.78 is 23.5. The molecule has 0 aliphatic carbocycles. The zero-order valence-corrected chi connectivity index (χ0v) is 17.1. The normalized spacial score (nSPS) is 15.3. The summed E-state index contributed by atoms with van der Waals surface area (Å²) in [5.41, 5.74) is 1.79. The number of hydrogen-bond donors (Lipinski definition) is 0. The predicted octanol–water partition coefficient (Wildman–Crippen LogP) is 4.08. The van der Waals surface area contributed by atoms with Gasteiger partial charge in [-0.05, 0) is 30.1 Å². The lowest BCUT2D eigenvalue weighted by atomic mass is 10.1. The molecule has 0 unspecified atom stereocenters. The highest BCUT2D eigenvalue weighted by atomic mass is 32.2. The molecule has 0 radical (unpaired) electrons. The summed E-state index contributed by atoms with van der Waals surface area (Å²) in [6.07, 6.45) is 1.23. The summed E-state index contributed by atoms with van der Waals surface area (Å²) in [4.78, 5) is 10.1. The van der Waals surface area contributed by atoms with Crippen molar-refractivity contribution in [1.82, 2.24) is 9.88 Å². The molecule has 0 bridgehead atoms. The molecule has 1 saturated heterocycles. The quantitative estimate of drug-likeness (QED) is 0.647. The average molecular weight is 412 g/mol. The number of aromatic nitrogens is 1. The fraction of sp³-hybridized carbons (Fsp3) is 0.348. The first-order valence-corrected chi connectivity index (χ1v) is 11.5. The van der Waals surface area contributed by atoms with Crippen LogP contribution in [0.2, 0.25) is 0 Å². The summed E-state index contributed by atoms with van der Waals surface area (Å²) >= 11 is 0. The third-order valence-electron chi connectivity index (χ3n) is 5.42. The minimum absolute atomic E-state index is 0. The molecule has 5 nitrogen and oxygen atoms in total. The molecule has 6 heteroatoms. The average Bonchev–Trinajstić information content (AvgIpc) is 2.72. The molecule has 4 rings (SSSR count). The second kappa shape index (κ2) is 8.51. The lowest BCUT2D eigenvalue weighted by molar-refractivity contribution is 0.271. The first kappa shape index (κ1) is 21.3. The van der Waals surface area contributed by atoms with Crippen molar-refractivity contribution in [1.29, 1.82) is 0 Å². The van der Waals surface area contributed by atoms with Crippen molar-refractivity contribution in [2.45, 2.75) is 19.2 Å². The van der Waals surface area contributed by atoms with Crippen LogP contribution in [0.15, 0.2) is 59.5 Å². The number of likely N-dealkylation sites (N-methyl/N-ethyl adjacent to an activating group) is 1. The Morgan fingerprint density at radius 2 is 1.62 bits per heavy atom. The highest BCUT2D eigenvalue weighted by Gasteiger charge is 2.20. The van der Waals surface area contributed by atoms with Crippen molar-refractivity contribution in [3.8, 4) is 11.3 Å². The maximum atomic E-state index is 11.7. The number of pyridine rings is 1. The van der Waals surface area contributed by atoms with E-state index in [-0.39, 0.29) is 7.43 Å². The van der Waals surface area contributed by atoms with E-state index in [0.29, 0.717) is 4.90 Å². The second-order valence-electron chi connectivity index (χ2n) is 7.27. The molecule has 3 aromatic rings. The monoisotopic (exact) mass is 411 g/mol. The van der Waals surface area contributed by atoms with Gasteiger partial charge in [0.15, 0.2) is 9.84 Å². The van der Waals surface area contributed by atoms with E-state index in [1.807, 2.05) is 18.2 Å². The van der Waals surface area contributed by atoms with Gasteiger partial charge in [-0.2, -0.15) is 0 Å². The standard InChI is InChI=1S/C22H25N3O2S.CH4/c1-3-24-12-14-25(15-13-24)22-20-7-5-4-6-18(20)16-21(23-22)17-8-10-19(11-9-17)28(2,26)27;/h4-11,16H,3,12-15H2,1-2H3;1H4. The van der Waals surface area contributed by atoms with Gasteiger partial charge in [0.05, 0.1) is 10.6 Å². The fourth-order valence-electron chi connectivity index (χ4n) is 3.72. The zero-order chi connectivity index (χ0) is 19.7. The highest BCUT2D eigenvalue weighted by molar-refractivity contribution is 7.90. The SMILES string of the molecule is C.CCN1CCN(c2nc(-c3ccc(S(C)(=O)=O)cc3)cc3ccccc23)CC1. The molecule has 1 fully saturated rings. The molecule has 2 heterocycles.